The SMILES string of the molecule is c1ccc2c3c(ccc2c1)OC1CCCN1C3. The highest BCUT2D eigenvalue weighted by Gasteiger charge is 2.31. The smallest absolute Gasteiger partial charge is 0.153 e. The summed E-state index contributed by atoms with van der Waals surface area (Å²) in [5.74, 6) is 1.09. The van der Waals surface area contributed by atoms with Crippen LogP contribution in [0.25, 0.3) is 10.8 Å². The minimum absolute atomic E-state index is 0.323. The van der Waals surface area contributed by atoms with Crippen molar-refractivity contribution in [2.75, 3.05) is 6.54 Å². The summed E-state index contributed by atoms with van der Waals surface area (Å²) in [6, 6.07) is 12.9. The maximum absolute atomic E-state index is 6.09. The minimum Gasteiger partial charge on any atom is -0.475 e. The van der Waals surface area contributed by atoms with Gasteiger partial charge in [-0.3, -0.25) is 4.90 Å². The molecule has 86 valence electrons. The molecular formula is C15H15NO. The monoisotopic (exact) mass is 225 g/mol. The Morgan fingerprint density at radius 3 is 3.06 bits per heavy atom. The predicted molar refractivity (Wildman–Crippen MR) is 68.0 cm³/mol. The summed E-state index contributed by atoms with van der Waals surface area (Å²) < 4.78 is 6.09. The Balaban J connectivity index is 1.91. The molecule has 0 aromatic heterocycles. The first kappa shape index (κ1) is 9.49. The first-order valence-corrected chi connectivity index (χ1v) is 6.33. The molecule has 2 aliphatic rings. The molecule has 0 aliphatic carbocycles. The summed E-state index contributed by atoms with van der Waals surface area (Å²) in [5, 5.41) is 2.66. The molecule has 2 aromatic rings. The van der Waals surface area contributed by atoms with Gasteiger partial charge >= 0.3 is 0 Å². The van der Waals surface area contributed by atoms with Gasteiger partial charge in [0, 0.05) is 18.7 Å². The van der Waals surface area contributed by atoms with Crippen LogP contribution in [0.1, 0.15) is 18.4 Å². The lowest BCUT2D eigenvalue weighted by atomic mass is 10.0. The molecule has 1 unspecified atom stereocenters. The fourth-order valence-electron chi connectivity index (χ4n) is 3.05. The van der Waals surface area contributed by atoms with E-state index in [2.05, 4.69) is 41.3 Å². The maximum Gasteiger partial charge on any atom is 0.153 e. The molecule has 2 aromatic carbocycles. The molecule has 0 saturated carbocycles. The van der Waals surface area contributed by atoms with Gasteiger partial charge in [0.25, 0.3) is 0 Å². The average Bonchev–Trinajstić information content (AvgIpc) is 2.83. The van der Waals surface area contributed by atoms with Gasteiger partial charge in [0.1, 0.15) is 5.75 Å². The molecule has 1 fully saturated rings. The summed E-state index contributed by atoms with van der Waals surface area (Å²) in [7, 11) is 0. The van der Waals surface area contributed by atoms with Crippen molar-refractivity contribution < 1.29 is 4.74 Å². The zero-order valence-electron chi connectivity index (χ0n) is 9.73. The Bertz CT molecular complexity index is 578. The van der Waals surface area contributed by atoms with Crippen LogP contribution in [0.5, 0.6) is 5.75 Å². The summed E-state index contributed by atoms with van der Waals surface area (Å²) in [6.45, 7) is 2.22. The summed E-state index contributed by atoms with van der Waals surface area (Å²) in [6.07, 6.45) is 2.76. The number of fused-ring (bicyclic) bond motifs is 4. The van der Waals surface area contributed by atoms with Crippen molar-refractivity contribution in [1.29, 1.82) is 0 Å². The lowest BCUT2D eigenvalue weighted by molar-refractivity contribution is 0.0349. The van der Waals surface area contributed by atoms with Gasteiger partial charge in [0.15, 0.2) is 6.23 Å². The van der Waals surface area contributed by atoms with Crippen molar-refractivity contribution in [3.05, 3.63) is 42.0 Å². The van der Waals surface area contributed by atoms with Crippen molar-refractivity contribution in [3.63, 3.8) is 0 Å². The molecule has 1 atom stereocenters. The van der Waals surface area contributed by atoms with Gasteiger partial charge in [0.2, 0.25) is 0 Å². The standard InChI is InChI=1S/C15H15NO/c1-2-5-12-11(4-1)7-8-14-13(12)10-16-9-3-6-15(16)17-14/h1-2,4-5,7-8,15H,3,6,9-10H2. The topological polar surface area (TPSA) is 12.5 Å². The fourth-order valence-corrected chi connectivity index (χ4v) is 3.05. The van der Waals surface area contributed by atoms with Crippen LogP contribution in [0.15, 0.2) is 36.4 Å². The second kappa shape index (κ2) is 3.47. The number of rotatable bonds is 0. The third kappa shape index (κ3) is 1.37. The van der Waals surface area contributed by atoms with E-state index in [0.29, 0.717) is 6.23 Å². The van der Waals surface area contributed by atoms with Crippen LogP contribution in [0, 0.1) is 0 Å². The van der Waals surface area contributed by atoms with Crippen molar-refractivity contribution in [2.45, 2.75) is 25.6 Å². The van der Waals surface area contributed by atoms with E-state index in [9.17, 15) is 0 Å². The Labute approximate surface area is 101 Å². The van der Waals surface area contributed by atoms with Gasteiger partial charge in [-0.1, -0.05) is 30.3 Å². The van der Waals surface area contributed by atoms with Crippen LogP contribution in [0.2, 0.25) is 0 Å². The predicted octanol–water partition coefficient (Wildman–Crippen LogP) is 3.15. The van der Waals surface area contributed by atoms with Crippen LogP contribution in [-0.4, -0.2) is 17.7 Å². The van der Waals surface area contributed by atoms with Crippen LogP contribution in [0.3, 0.4) is 0 Å². The van der Waals surface area contributed by atoms with Crippen molar-refractivity contribution in [3.8, 4) is 5.75 Å². The molecule has 1 saturated heterocycles. The Morgan fingerprint density at radius 1 is 1.12 bits per heavy atom. The molecule has 2 heteroatoms. The first-order valence-electron chi connectivity index (χ1n) is 6.33. The number of hydrogen-bond donors (Lipinski definition) is 0. The summed E-state index contributed by atoms with van der Waals surface area (Å²) >= 11 is 0. The highest BCUT2D eigenvalue weighted by atomic mass is 16.5. The Kier molecular flexibility index (Phi) is 1.94. The highest BCUT2D eigenvalue weighted by Crippen LogP contribution is 2.36. The molecule has 0 radical (unpaired) electrons. The number of hydrogen-bond acceptors (Lipinski definition) is 2. The molecule has 0 bridgehead atoms. The van der Waals surface area contributed by atoms with E-state index < -0.39 is 0 Å². The van der Waals surface area contributed by atoms with Gasteiger partial charge in [0.05, 0.1) is 0 Å². The van der Waals surface area contributed by atoms with Crippen LogP contribution in [-0.2, 0) is 6.54 Å². The number of benzene rings is 2. The van der Waals surface area contributed by atoms with Crippen molar-refractivity contribution >= 4 is 10.8 Å². The van der Waals surface area contributed by atoms with E-state index in [4.69, 9.17) is 4.74 Å². The van der Waals surface area contributed by atoms with E-state index in [1.165, 1.54) is 35.7 Å². The molecule has 0 amide bonds. The van der Waals surface area contributed by atoms with E-state index in [1.54, 1.807) is 0 Å². The lowest BCUT2D eigenvalue weighted by Crippen LogP contribution is -2.37. The van der Waals surface area contributed by atoms with Gasteiger partial charge in [-0.15, -0.1) is 0 Å². The van der Waals surface area contributed by atoms with Gasteiger partial charge in [-0.2, -0.15) is 0 Å². The molecule has 2 aliphatic heterocycles. The minimum atomic E-state index is 0.323. The summed E-state index contributed by atoms with van der Waals surface area (Å²) in [4.78, 5) is 2.45. The third-order valence-electron chi connectivity index (χ3n) is 3.93. The fraction of sp³-hybridized carbons (Fsp3) is 0.333. The normalized spacial score (nSPS) is 23.2. The average molecular weight is 225 g/mol. The molecule has 17 heavy (non-hydrogen) atoms. The Morgan fingerprint density at radius 2 is 2.06 bits per heavy atom. The Hall–Kier alpha value is -1.54. The first-order chi connectivity index (χ1) is 8.42. The van der Waals surface area contributed by atoms with Gasteiger partial charge < -0.3 is 4.74 Å². The quantitative estimate of drug-likeness (QED) is 0.683. The molecule has 4 rings (SSSR count). The molecule has 2 nitrogen and oxygen atoms in total. The van der Waals surface area contributed by atoms with Gasteiger partial charge in [-0.05, 0) is 29.7 Å². The molecule has 0 spiro atoms. The molecule has 2 heterocycles. The number of ether oxygens (including phenoxy) is 1. The second-order valence-electron chi connectivity index (χ2n) is 4.95. The molecule has 0 N–H and O–H groups in total. The van der Waals surface area contributed by atoms with Crippen LogP contribution >= 0.6 is 0 Å². The van der Waals surface area contributed by atoms with E-state index >= 15 is 0 Å². The largest absolute Gasteiger partial charge is 0.475 e. The van der Waals surface area contributed by atoms with E-state index in [-0.39, 0.29) is 0 Å². The van der Waals surface area contributed by atoms with Crippen molar-refractivity contribution in [1.82, 2.24) is 4.90 Å². The summed E-state index contributed by atoms with van der Waals surface area (Å²) in [5.41, 5.74) is 1.36. The van der Waals surface area contributed by atoms with Gasteiger partial charge in [-0.25, -0.2) is 0 Å². The van der Waals surface area contributed by atoms with Crippen molar-refractivity contribution in [2.24, 2.45) is 0 Å². The maximum atomic E-state index is 6.09. The highest BCUT2D eigenvalue weighted by molar-refractivity contribution is 5.87. The second-order valence-corrected chi connectivity index (χ2v) is 4.95. The lowest BCUT2D eigenvalue weighted by Gasteiger charge is -2.32. The zero-order valence-corrected chi connectivity index (χ0v) is 9.73. The third-order valence-corrected chi connectivity index (χ3v) is 3.93. The van der Waals surface area contributed by atoms with Crippen LogP contribution < -0.4 is 4.74 Å². The van der Waals surface area contributed by atoms with E-state index in [0.717, 1.165) is 12.3 Å². The molecular weight excluding hydrogens is 210 g/mol. The van der Waals surface area contributed by atoms with E-state index in [1.807, 2.05) is 0 Å². The number of nitrogens with zero attached hydrogens (tertiary/aromatic N) is 1. The van der Waals surface area contributed by atoms with Crippen LogP contribution in [0.4, 0.5) is 0 Å². The zero-order chi connectivity index (χ0) is 11.2.